The Hall–Kier alpha value is -2.61. The predicted molar refractivity (Wildman–Crippen MR) is 104 cm³/mol. The van der Waals surface area contributed by atoms with Gasteiger partial charge in [-0.2, -0.15) is 4.98 Å². The first-order valence-corrected chi connectivity index (χ1v) is 9.17. The highest BCUT2D eigenvalue weighted by Gasteiger charge is 2.29. The number of nitrogen functional groups attached to an aromatic ring is 1. The number of benzene rings is 1. The topological polar surface area (TPSA) is 116 Å². The number of carbonyl (C=O) groups excluding carboxylic acids is 1. The second-order valence-corrected chi connectivity index (χ2v) is 7.38. The number of ketones is 1. The standard InChI is InChI=1S/C18H21N5O2S/c1-18(6-7-26-17(20)23-18)12-5-3-4-11(8-12)9-13(24)15-16(19)22-14(25-2)10-21-15/h3-5,8,10H,6-7,9H2,1-2H3,(H2,19,22)(H2,20,23)/t18-/m0/s1. The molecule has 136 valence electrons. The molecule has 1 aromatic heterocycles. The normalized spacial score (nSPS) is 19.7. The summed E-state index contributed by atoms with van der Waals surface area (Å²) in [5.41, 5.74) is 13.4. The van der Waals surface area contributed by atoms with Gasteiger partial charge in [-0.05, 0) is 24.5 Å². The van der Waals surface area contributed by atoms with Crippen LogP contribution in [0.5, 0.6) is 5.88 Å². The van der Waals surface area contributed by atoms with E-state index in [4.69, 9.17) is 16.2 Å². The maximum Gasteiger partial charge on any atom is 0.234 e. The third-order valence-corrected chi connectivity index (χ3v) is 5.16. The first-order chi connectivity index (χ1) is 12.4. The maximum absolute atomic E-state index is 12.6. The number of Topliss-reactive ketones (excluding diaryl/α,β-unsaturated/α-hetero) is 1. The van der Waals surface area contributed by atoms with Crippen LogP contribution in [0.2, 0.25) is 0 Å². The summed E-state index contributed by atoms with van der Waals surface area (Å²) >= 11 is 1.57. The van der Waals surface area contributed by atoms with Crippen LogP contribution in [-0.2, 0) is 12.0 Å². The summed E-state index contributed by atoms with van der Waals surface area (Å²) in [5.74, 6) is 1.08. The lowest BCUT2D eigenvalue weighted by molar-refractivity contribution is 0.0988. The van der Waals surface area contributed by atoms with Gasteiger partial charge in [-0.1, -0.05) is 36.0 Å². The summed E-state index contributed by atoms with van der Waals surface area (Å²) < 4.78 is 4.96. The molecule has 0 saturated carbocycles. The molecule has 1 aliphatic heterocycles. The van der Waals surface area contributed by atoms with Crippen molar-refractivity contribution >= 4 is 28.5 Å². The van der Waals surface area contributed by atoms with E-state index >= 15 is 0 Å². The van der Waals surface area contributed by atoms with Crippen molar-refractivity contribution in [1.82, 2.24) is 9.97 Å². The van der Waals surface area contributed by atoms with Crippen molar-refractivity contribution in [3.8, 4) is 5.88 Å². The van der Waals surface area contributed by atoms with Crippen LogP contribution in [0.1, 0.15) is 35.0 Å². The van der Waals surface area contributed by atoms with Crippen LogP contribution in [0, 0.1) is 0 Å². The predicted octanol–water partition coefficient (Wildman–Crippen LogP) is 2.16. The quantitative estimate of drug-likeness (QED) is 0.774. The van der Waals surface area contributed by atoms with Gasteiger partial charge in [0, 0.05) is 12.2 Å². The van der Waals surface area contributed by atoms with E-state index in [9.17, 15) is 4.79 Å². The summed E-state index contributed by atoms with van der Waals surface area (Å²) in [7, 11) is 1.47. The molecule has 0 aliphatic carbocycles. The van der Waals surface area contributed by atoms with Gasteiger partial charge in [0.25, 0.3) is 0 Å². The van der Waals surface area contributed by atoms with E-state index in [-0.39, 0.29) is 35.1 Å². The number of nitrogens with zero attached hydrogens (tertiary/aromatic N) is 3. The Bertz CT molecular complexity index is 870. The van der Waals surface area contributed by atoms with Gasteiger partial charge in [0.05, 0.1) is 18.8 Å². The first kappa shape index (κ1) is 18.2. The highest BCUT2D eigenvalue weighted by Crippen LogP contribution is 2.35. The van der Waals surface area contributed by atoms with Crippen LogP contribution in [0.25, 0.3) is 0 Å². The number of amidine groups is 1. The van der Waals surface area contributed by atoms with Gasteiger partial charge in [0.15, 0.2) is 16.8 Å². The number of rotatable bonds is 5. The second kappa shape index (κ2) is 7.33. The number of ether oxygens (including phenoxy) is 1. The molecule has 2 heterocycles. The number of aliphatic imine (C=N–C) groups is 1. The lowest BCUT2D eigenvalue weighted by Gasteiger charge is -2.30. The molecule has 7 nitrogen and oxygen atoms in total. The minimum atomic E-state index is -0.368. The van der Waals surface area contributed by atoms with Gasteiger partial charge >= 0.3 is 0 Å². The number of carbonyl (C=O) groups is 1. The SMILES string of the molecule is COc1cnc(C(=O)Cc2cccc([C@]3(C)CCSC(N)=N3)c2)c(N)n1. The van der Waals surface area contributed by atoms with Gasteiger partial charge in [0.1, 0.15) is 5.69 Å². The summed E-state index contributed by atoms with van der Waals surface area (Å²) in [6.07, 6.45) is 2.47. The molecule has 3 rings (SSSR count). The van der Waals surface area contributed by atoms with Crippen LogP contribution >= 0.6 is 11.8 Å². The van der Waals surface area contributed by atoms with Crippen molar-refractivity contribution in [2.45, 2.75) is 25.3 Å². The molecule has 0 unspecified atom stereocenters. The molecule has 1 aromatic carbocycles. The molecule has 26 heavy (non-hydrogen) atoms. The average Bonchev–Trinajstić information content (AvgIpc) is 2.61. The number of aromatic nitrogens is 2. The monoisotopic (exact) mass is 371 g/mol. The fourth-order valence-electron chi connectivity index (χ4n) is 2.88. The van der Waals surface area contributed by atoms with Gasteiger partial charge in [-0.3, -0.25) is 9.79 Å². The van der Waals surface area contributed by atoms with Crippen molar-refractivity contribution in [3.63, 3.8) is 0 Å². The molecule has 0 radical (unpaired) electrons. The van der Waals surface area contributed by atoms with Crippen molar-refractivity contribution in [2.75, 3.05) is 18.6 Å². The number of hydrogen-bond acceptors (Lipinski definition) is 8. The Labute approximate surface area is 156 Å². The van der Waals surface area contributed by atoms with E-state index in [2.05, 4.69) is 21.9 Å². The molecule has 0 spiro atoms. The lowest BCUT2D eigenvalue weighted by Crippen LogP contribution is -2.28. The zero-order valence-corrected chi connectivity index (χ0v) is 15.5. The molecule has 2 aromatic rings. The first-order valence-electron chi connectivity index (χ1n) is 8.18. The van der Waals surface area contributed by atoms with Crippen LogP contribution in [0.15, 0.2) is 35.5 Å². The Balaban J connectivity index is 1.83. The largest absolute Gasteiger partial charge is 0.480 e. The van der Waals surface area contributed by atoms with Crippen LogP contribution < -0.4 is 16.2 Å². The minimum Gasteiger partial charge on any atom is -0.480 e. The van der Waals surface area contributed by atoms with Crippen molar-refractivity contribution in [3.05, 3.63) is 47.3 Å². The average molecular weight is 371 g/mol. The van der Waals surface area contributed by atoms with Gasteiger partial charge in [0.2, 0.25) is 5.88 Å². The van der Waals surface area contributed by atoms with E-state index in [0.29, 0.717) is 5.17 Å². The molecular formula is C18H21N5O2S. The van der Waals surface area contributed by atoms with Crippen LogP contribution in [-0.4, -0.2) is 33.8 Å². The fraction of sp³-hybridized carbons (Fsp3) is 0.333. The molecule has 4 N–H and O–H groups in total. The molecule has 0 saturated heterocycles. The summed E-state index contributed by atoms with van der Waals surface area (Å²) in [6, 6.07) is 7.85. The molecule has 0 amide bonds. The molecule has 0 fully saturated rings. The van der Waals surface area contributed by atoms with Crippen molar-refractivity contribution in [1.29, 1.82) is 0 Å². The van der Waals surface area contributed by atoms with E-state index < -0.39 is 0 Å². The van der Waals surface area contributed by atoms with E-state index in [1.165, 1.54) is 13.3 Å². The van der Waals surface area contributed by atoms with Crippen LogP contribution in [0.3, 0.4) is 0 Å². The molecule has 8 heteroatoms. The van der Waals surface area contributed by atoms with Gasteiger partial charge in [-0.15, -0.1) is 0 Å². The second-order valence-electron chi connectivity index (χ2n) is 6.27. The Morgan fingerprint density at radius 1 is 1.38 bits per heavy atom. The fourth-order valence-corrected chi connectivity index (χ4v) is 3.85. The minimum absolute atomic E-state index is 0.0687. The lowest BCUT2D eigenvalue weighted by atomic mass is 9.88. The zero-order chi connectivity index (χ0) is 18.7. The molecule has 1 atom stereocenters. The number of nitrogens with two attached hydrogens (primary N) is 2. The Kier molecular flexibility index (Phi) is 5.13. The number of anilines is 1. The third kappa shape index (κ3) is 3.80. The van der Waals surface area contributed by atoms with Gasteiger partial charge < -0.3 is 16.2 Å². The van der Waals surface area contributed by atoms with Crippen LogP contribution in [0.4, 0.5) is 5.82 Å². The Morgan fingerprint density at radius 3 is 2.88 bits per heavy atom. The molecule has 0 bridgehead atoms. The zero-order valence-electron chi connectivity index (χ0n) is 14.7. The smallest absolute Gasteiger partial charge is 0.234 e. The van der Waals surface area contributed by atoms with E-state index in [0.717, 1.165) is 23.3 Å². The summed E-state index contributed by atoms with van der Waals surface area (Å²) in [6.45, 7) is 2.06. The highest BCUT2D eigenvalue weighted by molar-refractivity contribution is 8.13. The molecule has 1 aliphatic rings. The van der Waals surface area contributed by atoms with E-state index in [1.54, 1.807) is 11.8 Å². The van der Waals surface area contributed by atoms with Crippen molar-refractivity contribution in [2.24, 2.45) is 10.7 Å². The summed E-state index contributed by atoms with van der Waals surface area (Å²) in [5, 5.41) is 0.599. The number of hydrogen-bond donors (Lipinski definition) is 2. The summed E-state index contributed by atoms with van der Waals surface area (Å²) in [4.78, 5) is 25.3. The molecular weight excluding hydrogens is 350 g/mol. The number of thioether (sulfide) groups is 1. The van der Waals surface area contributed by atoms with E-state index in [1.807, 2.05) is 24.3 Å². The third-order valence-electron chi connectivity index (χ3n) is 4.36. The van der Waals surface area contributed by atoms with Gasteiger partial charge in [-0.25, -0.2) is 4.98 Å². The number of methoxy groups -OCH3 is 1. The highest BCUT2D eigenvalue weighted by atomic mass is 32.2. The van der Waals surface area contributed by atoms with Crippen molar-refractivity contribution < 1.29 is 9.53 Å². The Morgan fingerprint density at radius 2 is 2.19 bits per heavy atom. The maximum atomic E-state index is 12.6.